The Hall–Kier alpha value is -1.71. The number of hydrogen-bond acceptors (Lipinski definition) is 3. The van der Waals surface area contributed by atoms with Gasteiger partial charge in [0.05, 0.1) is 18.8 Å². The molecule has 0 atom stereocenters. The molecule has 0 saturated heterocycles. The molecule has 0 heterocycles. The van der Waals surface area contributed by atoms with Gasteiger partial charge in [0.15, 0.2) is 0 Å². The monoisotopic (exact) mass is 238 g/mol. The van der Waals surface area contributed by atoms with Crippen molar-refractivity contribution >= 4 is 5.97 Å². The van der Waals surface area contributed by atoms with Crippen molar-refractivity contribution in [3.8, 4) is 11.5 Å². The number of rotatable bonds is 7. The Morgan fingerprint density at radius 1 is 1.06 bits per heavy atom. The predicted octanol–water partition coefficient (Wildman–Crippen LogP) is 2.96. The van der Waals surface area contributed by atoms with Crippen LogP contribution >= 0.6 is 0 Å². The van der Waals surface area contributed by atoms with E-state index in [1.54, 1.807) is 6.07 Å². The summed E-state index contributed by atoms with van der Waals surface area (Å²) in [5.74, 6) is 0.101. The Labute approximate surface area is 101 Å². The SMILES string of the molecule is CCCOc1cc(OCCC)cc(C(=O)O)c1. The van der Waals surface area contributed by atoms with Gasteiger partial charge in [0.25, 0.3) is 0 Å². The van der Waals surface area contributed by atoms with Gasteiger partial charge in [0, 0.05) is 6.07 Å². The molecule has 0 amide bonds. The largest absolute Gasteiger partial charge is 0.493 e. The van der Waals surface area contributed by atoms with Crippen molar-refractivity contribution in [1.29, 1.82) is 0 Å². The van der Waals surface area contributed by atoms with Crippen LogP contribution in [0.15, 0.2) is 18.2 Å². The molecule has 4 heteroatoms. The maximum atomic E-state index is 10.9. The molecule has 94 valence electrons. The molecule has 0 aliphatic heterocycles. The van der Waals surface area contributed by atoms with Crippen LogP contribution in [0.5, 0.6) is 11.5 Å². The molecule has 0 aliphatic carbocycles. The summed E-state index contributed by atoms with van der Waals surface area (Å²) < 4.78 is 10.8. The zero-order valence-corrected chi connectivity index (χ0v) is 10.2. The van der Waals surface area contributed by atoms with Crippen molar-refractivity contribution in [3.05, 3.63) is 23.8 Å². The van der Waals surface area contributed by atoms with Gasteiger partial charge >= 0.3 is 5.97 Å². The fourth-order valence-corrected chi connectivity index (χ4v) is 1.30. The Morgan fingerprint density at radius 3 is 1.88 bits per heavy atom. The van der Waals surface area contributed by atoms with Crippen molar-refractivity contribution in [1.82, 2.24) is 0 Å². The molecule has 1 aromatic carbocycles. The number of carbonyl (C=O) groups is 1. The smallest absolute Gasteiger partial charge is 0.335 e. The lowest BCUT2D eigenvalue weighted by Gasteiger charge is -2.10. The van der Waals surface area contributed by atoms with Crippen molar-refractivity contribution in [2.24, 2.45) is 0 Å². The minimum absolute atomic E-state index is 0.185. The summed E-state index contributed by atoms with van der Waals surface area (Å²) in [5, 5.41) is 8.97. The van der Waals surface area contributed by atoms with E-state index < -0.39 is 5.97 Å². The molecule has 17 heavy (non-hydrogen) atoms. The van der Waals surface area contributed by atoms with Crippen molar-refractivity contribution in [2.75, 3.05) is 13.2 Å². The Kier molecular flexibility index (Phi) is 5.33. The minimum Gasteiger partial charge on any atom is -0.493 e. The summed E-state index contributed by atoms with van der Waals surface area (Å²) >= 11 is 0. The first kappa shape index (κ1) is 13.4. The summed E-state index contributed by atoms with van der Waals surface area (Å²) in [6.45, 7) is 5.12. The van der Waals surface area contributed by atoms with Crippen LogP contribution < -0.4 is 9.47 Å². The van der Waals surface area contributed by atoms with E-state index in [-0.39, 0.29) is 5.56 Å². The van der Waals surface area contributed by atoms with Crippen LogP contribution in [-0.2, 0) is 0 Å². The molecular formula is C13H18O4. The Morgan fingerprint density at radius 2 is 1.53 bits per heavy atom. The van der Waals surface area contributed by atoms with Gasteiger partial charge in [-0.25, -0.2) is 4.79 Å². The van der Waals surface area contributed by atoms with Gasteiger partial charge in [-0.2, -0.15) is 0 Å². The Bertz CT molecular complexity index is 347. The first-order valence-corrected chi connectivity index (χ1v) is 5.81. The van der Waals surface area contributed by atoms with Gasteiger partial charge in [-0.3, -0.25) is 0 Å². The first-order chi connectivity index (χ1) is 8.17. The van der Waals surface area contributed by atoms with E-state index in [1.807, 2.05) is 13.8 Å². The second-order valence-electron chi connectivity index (χ2n) is 3.70. The fourth-order valence-electron chi connectivity index (χ4n) is 1.30. The number of aromatic carboxylic acids is 1. The normalized spacial score (nSPS) is 10.0. The summed E-state index contributed by atoms with van der Waals surface area (Å²) in [5.41, 5.74) is 0.185. The maximum Gasteiger partial charge on any atom is 0.335 e. The van der Waals surface area contributed by atoms with Gasteiger partial charge in [-0.1, -0.05) is 13.8 Å². The van der Waals surface area contributed by atoms with Gasteiger partial charge in [-0.15, -0.1) is 0 Å². The lowest BCUT2D eigenvalue weighted by Crippen LogP contribution is -2.02. The van der Waals surface area contributed by atoms with Crippen LogP contribution in [0.2, 0.25) is 0 Å². The van der Waals surface area contributed by atoms with Crippen LogP contribution in [0, 0.1) is 0 Å². The van der Waals surface area contributed by atoms with Gasteiger partial charge < -0.3 is 14.6 Å². The molecule has 0 unspecified atom stereocenters. The molecule has 0 aliphatic rings. The highest BCUT2D eigenvalue weighted by Crippen LogP contribution is 2.23. The third kappa shape index (κ3) is 4.34. The minimum atomic E-state index is -0.978. The van der Waals surface area contributed by atoms with Crippen LogP contribution in [0.4, 0.5) is 0 Å². The van der Waals surface area contributed by atoms with Gasteiger partial charge in [0.2, 0.25) is 0 Å². The quantitative estimate of drug-likeness (QED) is 0.793. The highest BCUT2D eigenvalue weighted by Gasteiger charge is 2.08. The molecule has 0 bridgehead atoms. The summed E-state index contributed by atoms with van der Waals surface area (Å²) in [4.78, 5) is 10.9. The molecule has 0 saturated carbocycles. The van der Waals surface area contributed by atoms with Crippen molar-refractivity contribution in [3.63, 3.8) is 0 Å². The average Bonchev–Trinajstić information content (AvgIpc) is 2.33. The van der Waals surface area contributed by atoms with Gasteiger partial charge in [0.1, 0.15) is 11.5 Å². The van der Waals surface area contributed by atoms with E-state index in [1.165, 1.54) is 12.1 Å². The predicted molar refractivity (Wildman–Crippen MR) is 65.0 cm³/mol. The summed E-state index contributed by atoms with van der Waals surface area (Å²) in [6, 6.07) is 4.74. The Balaban J connectivity index is 2.88. The highest BCUT2D eigenvalue weighted by atomic mass is 16.5. The molecule has 1 N–H and O–H groups in total. The second kappa shape index (κ2) is 6.78. The fraction of sp³-hybridized carbons (Fsp3) is 0.462. The zero-order chi connectivity index (χ0) is 12.7. The van der Waals surface area contributed by atoms with E-state index in [9.17, 15) is 4.79 Å². The maximum absolute atomic E-state index is 10.9. The first-order valence-electron chi connectivity index (χ1n) is 5.81. The van der Waals surface area contributed by atoms with Crippen LogP contribution in [0.3, 0.4) is 0 Å². The molecule has 0 radical (unpaired) electrons. The third-order valence-electron chi connectivity index (χ3n) is 2.07. The molecule has 1 aromatic rings. The van der Waals surface area contributed by atoms with Crippen molar-refractivity contribution in [2.45, 2.75) is 26.7 Å². The van der Waals surface area contributed by atoms with Crippen LogP contribution in [0.1, 0.15) is 37.0 Å². The van der Waals surface area contributed by atoms with E-state index in [0.29, 0.717) is 24.7 Å². The number of carboxylic acid groups (broad SMARTS) is 1. The summed E-state index contributed by atoms with van der Waals surface area (Å²) in [6.07, 6.45) is 1.75. The summed E-state index contributed by atoms with van der Waals surface area (Å²) in [7, 11) is 0. The molecule has 0 spiro atoms. The van der Waals surface area contributed by atoms with E-state index in [0.717, 1.165) is 12.8 Å². The second-order valence-corrected chi connectivity index (χ2v) is 3.70. The lowest BCUT2D eigenvalue weighted by atomic mass is 10.2. The third-order valence-corrected chi connectivity index (χ3v) is 2.07. The molecule has 0 aromatic heterocycles. The van der Waals surface area contributed by atoms with Gasteiger partial charge in [-0.05, 0) is 25.0 Å². The molecule has 0 fully saturated rings. The molecule has 4 nitrogen and oxygen atoms in total. The number of ether oxygens (including phenoxy) is 2. The highest BCUT2D eigenvalue weighted by molar-refractivity contribution is 5.88. The number of benzene rings is 1. The van der Waals surface area contributed by atoms with E-state index in [4.69, 9.17) is 14.6 Å². The van der Waals surface area contributed by atoms with E-state index in [2.05, 4.69) is 0 Å². The standard InChI is InChI=1S/C13H18O4/c1-3-5-16-11-7-10(13(14)15)8-12(9-11)17-6-4-2/h7-9H,3-6H2,1-2H3,(H,14,15). The zero-order valence-electron chi connectivity index (χ0n) is 10.2. The topological polar surface area (TPSA) is 55.8 Å². The van der Waals surface area contributed by atoms with E-state index >= 15 is 0 Å². The average molecular weight is 238 g/mol. The number of carboxylic acids is 1. The van der Waals surface area contributed by atoms with Crippen molar-refractivity contribution < 1.29 is 19.4 Å². The van der Waals surface area contributed by atoms with Crippen LogP contribution in [0.25, 0.3) is 0 Å². The lowest BCUT2D eigenvalue weighted by molar-refractivity contribution is 0.0695. The van der Waals surface area contributed by atoms with Crippen LogP contribution in [-0.4, -0.2) is 24.3 Å². The molecule has 1 rings (SSSR count). The number of hydrogen-bond donors (Lipinski definition) is 1. The molecular weight excluding hydrogens is 220 g/mol.